The number of methoxy groups -OCH3 is 1. The maximum absolute atomic E-state index is 13.0. The van der Waals surface area contributed by atoms with E-state index in [1.807, 2.05) is 25.1 Å². The van der Waals surface area contributed by atoms with Crippen molar-refractivity contribution in [2.75, 3.05) is 7.11 Å². The molecule has 2 aliphatic rings. The zero-order valence-corrected chi connectivity index (χ0v) is 14.9. The molecule has 0 spiro atoms. The van der Waals surface area contributed by atoms with Crippen molar-refractivity contribution in [2.45, 2.75) is 13.8 Å². The first-order valence-electron chi connectivity index (χ1n) is 8.17. The SMILES string of the molecule is COC(=O)c1cn(-c2n[nH]c(C)n2)cc2c(=O)n(-c3cccc(C)c3)nc1-2. The van der Waals surface area contributed by atoms with Crippen molar-refractivity contribution in [2.24, 2.45) is 0 Å². The van der Waals surface area contributed by atoms with Crippen molar-refractivity contribution in [3.63, 3.8) is 0 Å². The maximum Gasteiger partial charge on any atom is 0.341 e. The van der Waals surface area contributed by atoms with Crippen LogP contribution in [0.15, 0.2) is 41.5 Å². The zero-order chi connectivity index (χ0) is 19.1. The molecular weight excluding hydrogens is 348 g/mol. The predicted molar refractivity (Wildman–Crippen MR) is 96.5 cm³/mol. The zero-order valence-electron chi connectivity index (χ0n) is 14.9. The number of pyridine rings is 1. The number of rotatable bonds is 3. The highest BCUT2D eigenvalue weighted by molar-refractivity contribution is 5.96. The number of esters is 1. The number of hydrogen-bond donors (Lipinski definition) is 1. The van der Waals surface area contributed by atoms with Gasteiger partial charge in [0.15, 0.2) is 0 Å². The molecule has 9 heteroatoms. The third-order valence-electron chi connectivity index (χ3n) is 4.14. The minimum atomic E-state index is -0.601. The Kier molecular flexibility index (Phi) is 3.84. The molecule has 0 fully saturated rings. The van der Waals surface area contributed by atoms with Crippen molar-refractivity contribution in [3.8, 4) is 22.9 Å². The second-order valence-electron chi connectivity index (χ2n) is 6.11. The highest BCUT2D eigenvalue weighted by Gasteiger charge is 2.25. The molecule has 0 atom stereocenters. The Hall–Kier alpha value is -3.75. The van der Waals surface area contributed by atoms with Crippen LogP contribution in [-0.4, -0.2) is 42.6 Å². The molecule has 0 saturated heterocycles. The standard InChI is InChI=1S/C18H16N6O3/c1-10-5-4-6-12(7-10)24-16(25)13-8-23(18-19-11(2)20-21-18)9-14(15(13)22-24)17(26)27-3/h4-9H,1-3H3,(H,19,20,21). The van der Waals surface area contributed by atoms with E-state index in [2.05, 4.69) is 20.3 Å². The molecule has 27 heavy (non-hydrogen) atoms. The molecular formula is C18H16N6O3. The van der Waals surface area contributed by atoms with Crippen LogP contribution >= 0.6 is 0 Å². The summed E-state index contributed by atoms with van der Waals surface area (Å²) < 4.78 is 7.64. The second-order valence-corrected chi connectivity index (χ2v) is 6.11. The first-order valence-corrected chi connectivity index (χ1v) is 8.17. The normalized spacial score (nSPS) is 11.1. The number of ether oxygens (including phenoxy) is 1. The fourth-order valence-corrected chi connectivity index (χ4v) is 2.86. The summed E-state index contributed by atoms with van der Waals surface area (Å²) in [6.45, 7) is 3.68. The van der Waals surface area contributed by atoms with Gasteiger partial charge in [-0.25, -0.2) is 4.79 Å². The number of aromatic amines is 1. The Bertz CT molecular complexity index is 1190. The van der Waals surface area contributed by atoms with Gasteiger partial charge in [0.2, 0.25) is 0 Å². The predicted octanol–water partition coefficient (Wildman–Crippen LogP) is 1.65. The van der Waals surface area contributed by atoms with Crippen LogP contribution in [0, 0.1) is 13.8 Å². The molecule has 3 heterocycles. The highest BCUT2D eigenvalue weighted by Crippen LogP contribution is 2.24. The summed E-state index contributed by atoms with van der Waals surface area (Å²) >= 11 is 0. The largest absolute Gasteiger partial charge is 0.465 e. The summed E-state index contributed by atoms with van der Waals surface area (Å²) in [5.41, 5.74) is 1.94. The molecule has 1 aromatic heterocycles. The van der Waals surface area contributed by atoms with E-state index >= 15 is 0 Å². The Morgan fingerprint density at radius 2 is 2.04 bits per heavy atom. The number of carbonyl (C=O) groups excluding carboxylic acids is 1. The molecule has 136 valence electrons. The summed E-state index contributed by atoms with van der Waals surface area (Å²) in [4.78, 5) is 29.5. The smallest absolute Gasteiger partial charge is 0.341 e. The van der Waals surface area contributed by atoms with Gasteiger partial charge in [-0.2, -0.15) is 14.8 Å². The van der Waals surface area contributed by atoms with Gasteiger partial charge in [-0.15, -0.1) is 5.10 Å². The highest BCUT2D eigenvalue weighted by atomic mass is 16.5. The van der Waals surface area contributed by atoms with E-state index in [0.717, 1.165) is 5.56 Å². The summed E-state index contributed by atoms with van der Waals surface area (Å²) in [7, 11) is 1.28. The van der Waals surface area contributed by atoms with E-state index in [9.17, 15) is 9.59 Å². The van der Waals surface area contributed by atoms with Gasteiger partial charge in [0.1, 0.15) is 17.1 Å². The second kappa shape index (κ2) is 6.20. The van der Waals surface area contributed by atoms with Gasteiger partial charge in [-0.05, 0) is 31.5 Å². The van der Waals surface area contributed by atoms with Crippen LogP contribution in [0.5, 0.6) is 0 Å². The maximum atomic E-state index is 13.0. The summed E-state index contributed by atoms with van der Waals surface area (Å²) in [6.07, 6.45) is 3.07. The lowest BCUT2D eigenvalue weighted by molar-refractivity contribution is 0.0600. The Morgan fingerprint density at radius 3 is 2.70 bits per heavy atom. The summed E-state index contributed by atoms with van der Waals surface area (Å²) in [6, 6.07) is 7.40. The molecule has 0 radical (unpaired) electrons. The van der Waals surface area contributed by atoms with Crippen molar-refractivity contribution in [1.82, 2.24) is 29.5 Å². The van der Waals surface area contributed by atoms with E-state index in [1.54, 1.807) is 19.2 Å². The fraction of sp³-hybridized carbons (Fsp3) is 0.167. The van der Waals surface area contributed by atoms with Crippen LogP contribution in [0.4, 0.5) is 0 Å². The number of carbonyl (C=O) groups is 1. The fourth-order valence-electron chi connectivity index (χ4n) is 2.86. The van der Waals surface area contributed by atoms with Gasteiger partial charge in [-0.1, -0.05) is 12.1 Å². The van der Waals surface area contributed by atoms with Gasteiger partial charge in [0.25, 0.3) is 11.5 Å². The molecule has 0 bridgehead atoms. The molecule has 0 amide bonds. The lowest BCUT2D eigenvalue weighted by atomic mass is 10.1. The molecule has 0 unspecified atom stereocenters. The van der Waals surface area contributed by atoms with Gasteiger partial charge in [0, 0.05) is 12.4 Å². The molecule has 0 aliphatic carbocycles. The van der Waals surface area contributed by atoms with Crippen LogP contribution in [0.3, 0.4) is 0 Å². The molecule has 2 aliphatic heterocycles. The van der Waals surface area contributed by atoms with Crippen molar-refractivity contribution >= 4 is 5.97 Å². The molecule has 4 rings (SSSR count). The van der Waals surface area contributed by atoms with Crippen molar-refractivity contribution < 1.29 is 9.53 Å². The average molecular weight is 364 g/mol. The number of benzene rings is 1. The molecule has 1 N–H and O–H groups in total. The van der Waals surface area contributed by atoms with E-state index in [4.69, 9.17) is 4.74 Å². The molecule has 9 nitrogen and oxygen atoms in total. The number of fused-ring (bicyclic) bond motifs is 1. The monoisotopic (exact) mass is 364 g/mol. The quantitative estimate of drug-likeness (QED) is 0.554. The number of nitrogens with zero attached hydrogens (tertiary/aromatic N) is 5. The first-order chi connectivity index (χ1) is 13.0. The number of H-pyrrole nitrogens is 1. The van der Waals surface area contributed by atoms with Gasteiger partial charge in [0.05, 0.1) is 18.4 Å². The van der Waals surface area contributed by atoms with E-state index in [-0.39, 0.29) is 22.4 Å². The topological polar surface area (TPSA) is 108 Å². The Morgan fingerprint density at radius 1 is 1.22 bits per heavy atom. The first kappa shape index (κ1) is 16.7. The molecule has 1 aromatic carbocycles. The Labute approximate surface area is 153 Å². The van der Waals surface area contributed by atoms with Crippen LogP contribution < -0.4 is 5.56 Å². The molecule has 2 aromatic rings. The third kappa shape index (κ3) is 2.78. The van der Waals surface area contributed by atoms with E-state index in [0.29, 0.717) is 17.5 Å². The van der Waals surface area contributed by atoms with E-state index < -0.39 is 5.97 Å². The van der Waals surface area contributed by atoms with Gasteiger partial charge in [-0.3, -0.25) is 14.5 Å². The van der Waals surface area contributed by atoms with Gasteiger partial charge < -0.3 is 4.74 Å². The number of hydrogen-bond acceptors (Lipinski definition) is 6. The van der Waals surface area contributed by atoms with E-state index in [1.165, 1.54) is 22.6 Å². The number of nitrogens with one attached hydrogen (secondary N) is 1. The summed E-state index contributed by atoms with van der Waals surface area (Å²) in [5, 5.41) is 11.2. The van der Waals surface area contributed by atoms with Gasteiger partial charge >= 0.3 is 5.97 Å². The van der Waals surface area contributed by atoms with Crippen LogP contribution in [-0.2, 0) is 4.74 Å². The minimum absolute atomic E-state index is 0.154. The Balaban J connectivity index is 2.00. The average Bonchev–Trinajstić information content (AvgIpc) is 3.24. The number of aromatic nitrogens is 6. The van der Waals surface area contributed by atoms with Crippen LogP contribution in [0.2, 0.25) is 0 Å². The lowest BCUT2D eigenvalue weighted by Gasteiger charge is -2.08. The lowest BCUT2D eigenvalue weighted by Crippen LogP contribution is -2.15. The molecule has 0 saturated carbocycles. The summed E-state index contributed by atoms with van der Waals surface area (Å²) in [5.74, 6) is 0.313. The number of aryl methyl sites for hydroxylation is 2. The van der Waals surface area contributed by atoms with Crippen molar-refractivity contribution in [1.29, 1.82) is 0 Å². The minimum Gasteiger partial charge on any atom is -0.465 e. The van der Waals surface area contributed by atoms with Crippen molar-refractivity contribution in [3.05, 3.63) is 64.0 Å². The van der Waals surface area contributed by atoms with Crippen LogP contribution in [0.25, 0.3) is 22.9 Å². The third-order valence-corrected chi connectivity index (χ3v) is 4.14. The van der Waals surface area contributed by atoms with Crippen LogP contribution in [0.1, 0.15) is 21.7 Å².